The largest absolute Gasteiger partial charge is 0.129 e. The number of benzene rings is 1. The summed E-state index contributed by atoms with van der Waals surface area (Å²) in [4.78, 5) is 1.23. The zero-order valence-corrected chi connectivity index (χ0v) is 9.48. The molecular formula is C8H8BrClS. The molecule has 0 atom stereocenters. The van der Waals surface area contributed by atoms with E-state index in [0.29, 0.717) is 0 Å². The molecule has 0 amide bonds. The topological polar surface area (TPSA) is 0 Å². The second kappa shape index (κ2) is 3.83. The summed E-state index contributed by atoms with van der Waals surface area (Å²) in [6, 6.07) is 4.04. The average molecular weight is 252 g/mol. The molecule has 0 N–H and O–H groups in total. The van der Waals surface area contributed by atoms with Crippen molar-refractivity contribution in [3.8, 4) is 0 Å². The third-order valence-corrected chi connectivity index (χ3v) is 3.77. The van der Waals surface area contributed by atoms with Crippen molar-refractivity contribution in [2.45, 2.75) is 11.8 Å². The fourth-order valence-corrected chi connectivity index (χ4v) is 2.12. The molecule has 1 aromatic carbocycles. The number of halogens is 2. The second-order valence-corrected chi connectivity index (χ2v) is 4.27. The summed E-state index contributed by atoms with van der Waals surface area (Å²) in [6.07, 6.45) is 2.05. The van der Waals surface area contributed by atoms with E-state index in [-0.39, 0.29) is 0 Å². The molecule has 0 nitrogen and oxygen atoms in total. The van der Waals surface area contributed by atoms with E-state index in [1.54, 1.807) is 11.8 Å². The van der Waals surface area contributed by atoms with E-state index in [1.807, 2.05) is 19.2 Å². The summed E-state index contributed by atoms with van der Waals surface area (Å²) < 4.78 is 0.967. The Hall–Kier alpha value is 0.340. The maximum atomic E-state index is 6.00. The van der Waals surface area contributed by atoms with Crippen LogP contribution in [0.5, 0.6) is 0 Å². The molecule has 0 aromatic heterocycles. The van der Waals surface area contributed by atoms with Gasteiger partial charge in [-0.15, -0.1) is 11.8 Å². The van der Waals surface area contributed by atoms with Crippen molar-refractivity contribution in [2.75, 3.05) is 6.26 Å². The lowest BCUT2D eigenvalue weighted by molar-refractivity contribution is 1.29. The van der Waals surface area contributed by atoms with E-state index in [4.69, 9.17) is 11.6 Å². The molecule has 0 saturated heterocycles. The fourth-order valence-electron chi connectivity index (χ4n) is 0.855. The minimum atomic E-state index is 0.817. The Morgan fingerprint density at radius 3 is 2.64 bits per heavy atom. The Kier molecular flexibility index (Phi) is 3.29. The van der Waals surface area contributed by atoms with E-state index >= 15 is 0 Å². The van der Waals surface area contributed by atoms with Gasteiger partial charge in [-0.25, -0.2) is 0 Å². The van der Waals surface area contributed by atoms with E-state index in [1.165, 1.54) is 4.90 Å². The Balaban J connectivity index is 3.25. The predicted octanol–water partition coefficient (Wildman–Crippen LogP) is 4.13. The van der Waals surface area contributed by atoms with Gasteiger partial charge < -0.3 is 0 Å². The number of rotatable bonds is 1. The lowest BCUT2D eigenvalue weighted by atomic mass is 10.2. The molecule has 0 radical (unpaired) electrons. The average Bonchev–Trinajstić information content (AvgIpc) is 2.01. The highest BCUT2D eigenvalue weighted by molar-refractivity contribution is 9.10. The standard InChI is InChI=1S/C8H8BrClS/c1-5-7(11-2)4-3-6(9)8(5)10/h3-4H,1-2H3. The summed E-state index contributed by atoms with van der Waals surface area (Å²) in [5, 5.41) is 0.817. The monoisotopic (exact) mass is 250 g/mol. The number of thioether (sulfide) groups is 1. The maximum absolute atomic E-state index is 6.00. The highest BCUT2D eigenvalue weighted by Gasteiger charge is 2.04. The molecule has 0 aliphatic carbocycles. The quantitative estimate of drug-likeness (QED) is 0.676. The first-order chi connectivity index (χ1) is 5.16. The van der Waals surface area contributed by atoms with Gasteiger partial charge in [-0.1, -0.05) is 11.6 Å². The van der Waals surface area contributed by atoms with E-state index in [2.05, 4.69) is 22.0 Å². The highest BCUT2D eigenvalue weighted by Crippen LogP contribution is 2.32. The van der Waals surface area contributed by atoms with Crippen molar-refractivity contribution in [3.05, 3.63) is 27.2 Å². The third kappa shape index (κ3) is 1.92. The smallest absolute Gasteiger partial charge is 0.0588 e. The molecule has 0 bridgehead atoms. The molecule has 1 rings (SSSR count). The van der Waals surface area contributed by atoms with Crippen molar-refractivity contribution in [1.82, 2.24) is 0 Å². The van der Waals surface area contributed by atoms with Gasteiger partial charge >= 0.3 is 0 Å². The first-order valence-electron chi connectivity index (χ1n) is 3.15. The molecule has 0 aliphatic heterocycles. The zero-order valence-electron chi connectivity index (χ0n) is 6.32. The predicted molar refractivity (Wildman–Crippen MR) is 55.7 cm³/mol. The number of hydrogen-bond acceptors (Lipinski definition) is 1. The van der Waals surface area contributed by atoms with Crippen LogP contribution in [-0.4, -0.2) is 6.26 Å². The van der Waals surface area contributed by atoms with Gasteiger partial charge in [0.2, 0.25) is 0 Å². The van der Waals surface area contributed by atoms with Gasteiger partial charge in [0.05, 0.1) is 5.02 Å². The van der Waals surface area contributed by atoms with Crippen LogP contribution < -0.4 is 0 Å². The Morgan fingerprint density at radius 1 is 1.45 bits per heavy atom. The molecule has 60 valence electrons. The molecule has 0 fully saturated rings. The lowest BCUT2D eigenvalue weighted by Crippen LogP contribution is -1.81. The van der Waals surface area contributed by atoms with Crippen LogP contribution >= 0.6 is 39.3 Å². The summed E-state index contributed by atoms with van der Waals surface area (Å²) in [5.74, 6) is 0. The van der Waals surface area contributed by atoms with Crippen LogP contribution in [0, 0.1) is 6.92 Å². The Morgan fingerprint density at radius 2 is 2.09 bits per heavy atom. The van der Waals surface area contributed by atoms with E-state index in [0.717, 1.165) is 15.1 Å². The van der Waals surface area contributed by atoms with Crippen LogP contribution in [-0.2, 0) is 0 Å². The molecule has 0 saturated carbocycles. The minimum Gasteiger partial charge on any atom is -0.129 e. The maximum Gasteiger partial charge on any atom is 0.0588 e. The minimum absolute atomic E-state index is 0.817. The van der Waals surface area contributed by atoms with Crippen LogP contribution in [0.4, 0.5) is 0 Å². The molecule has 0 heterocycles. The van der Waals surface area contributed by atoms with E-state index < -0.39 is 0 Å². The third-order valence-electron chi connectivity index (χ3n) is 1.51. The molecule has 3 heteroatoms. The first kappa shape index (κ1) is 9.43. The molecule has 0 unspecified atom stereocenters. The van der Waals surface area contributed by atoms with Gasteiger partial charge in [-0.2, -0.15) is 0 Å². The van der Waals surface area contributed by atoms with Gasteiger partial charge in [-0.3, -0.25) is 0 Å². The Labute approximate surface area is 84.5 Å². The van der Waals surface area contributed by atoms with Crippen molar-refractivity contribution in [1.29, 1.82) is 0 Å². The molecule has 11 heavy (non-hydrogen) atoms. The normalized spacial score (nSPS) is 10.2. The van der Waals surface area contributed by atoms with Crippen LogP contribution in [0.15, 0.2) is 21.5 Å². The first-order valence-corrected chi connectivity index (χ1v) is 5.55. The summed E-state index contributed by atoms with van der Waals surface area (Å²) in [7, 11) is 0. The van der Waals surface area contributed by atoms with Crippen molar-refractivity contribution < 1.29 is 0 Å². The van der Waals surface area contributed by atoms with Gasteiger partial charge in [-0.05, 0) is 46.8 Å². The van der Waals surface area contributed by atoms with Crippen molar-refractivity contribution >= 4 is 39.3 Å². The van der Waals surface area contributed by atoms with Crippen LogP contribution in [0.3, 0.4) is 0 Å². The molecule has 0 aliphatic rings. The van der Waals surface area contributed by atoms with Crippen LogP contribution in [0.25, 0.3) is 0 Å². The Bertz CT molecular complexity index is 273. The highest BCUT2D eigenvalue weighted by atomic mass is 79.9. The molecular weight excluding hydrogens is 244 g/mol. The summed E-state index contributed by atoms with van der Waals surface area (Å²) >= 11 is 11.1. The van der Waals surface area contributed by atoms with Crippen LogP contribution in [0.1, 0.15) is 5.56 Å². The van der Waals surface area contributed by atoms with Crippen LogP contribution in [0.2, 0.25) is 5.02 Å². The van der Waals surface area contributed by atoms with Gasteiger partial charge in [0.1, 0.15) is 0 Å². The summed E-state index contributed by atoms with van der Waals surface area (Å²) in [5.41, 5.74) is 1.15. The van der Waals surface area contributed by atoms with Crippen molar-refractivity contribution in [3.63, 3.8) is 0 Å². The second-order valence-electron chi connectivity index (χ2n) is 2.19. The zero-order chi connectivity index (χ0) is 8.43. The molecule has 0 spiro atoms. The SMILES string of the molecule is CSc1ccc(Br)c(Cl)c1C. The van der Waals surface area contributed by atoms with Crippen molar-refractivity contribution in [2.24, 2.45) is 0 Å². The van der Waals surface area contributed by atoms with Gasteiger partial charge in [0, 0.05) is 9.37 Å². The number of hydrogen-bond donors (Lipinski definition) is 0. The summed E-state index contributed by atoms with van der Waals surface area (Å²) in [6.45, 7) is 2.03. The van der Waals surface area contributed by atoms with Gasteiger partial charge in [0.15, 0.2) is 0 Å². The van der Waals surface area contributed by atoms with E-state index in [9.17, 15) is 0 Å². The van der Waals surface area contributed by atoms with Gasteiger partial charge in [0.25, 0.3) is 0 Å². The lowest BCUT2D eigenvalue weighted by Gasteiger charge is -2.05. The molecule has 1 aromatic rings. The fraction of sp³-hybridized carbons (Fsp3) is 0.250.